The van der Waals surface area contributed by atoms with E-state index in [0.717, 1.165) is 39.8 Å². The van der Waals surface area contributed by atoms with Crippen LogP contribution < -0.4 is 9.47 Å². The normalized spacial score (nSPS) is 14.7. The zero-order valence-corrected chi connectivity index (χ0v) is 12.8. The molecule has 0 aliphatic heterocycles. The number of fused-ring (bicyclic) bond motifs is 1. The van der Waals surface area contributed by atoms with Crippen LogP contribution in [0.25, 0.3) is 11.0 Å². The molecule has 4 nitrogen and oxygen atoms in total. The van der Waals surface area contributed by atoms with Crippen molar-refractivity contribution in [3.05, 3.63) is 16.9 Å². The molecule has 1 aliphatic rings. The number of rotatable bonds is 6. The highest BCUT2D eigenvalue weighted by atomic mass is 32.1. The van der Waals surface area contributed by atoms with Gasteiger partial charge in [-0.05, 0) is 31.0 Å². The van der Waals surface area contributed by atoms with Crippen molar-refractivity contribution in [3.63, 3.8) is 0 Å². The Morgan fingerprint density at radius 2 is 1.95 bits per heavy atom. The third-order valence-electron chi connectivity index (χ3n) is 3.97. The van der Waals surface area contributed by atoms with E-state index in [1.807, 2.05) is 12.1 Å². The number of ether oxygens (including phenoxy) is 2. The third-order valence-corrected chi connectivity index (χ3v) is 4.29. The van der Waals surface area contributed by atoms with Crippen LogP contribution in [0.1, 0.15) is 25.7 Å². The van der Waals surface area contributed by atoms with Crippen molar-refractivity contribution in [2.45, 2.75) is 32.2 Å². The summed E-state index contributed by atoms with van der Waals surface area (Å²) in [6.45, 7) is 0.963. The molecule has 0 atom stereocenters. The third kappa shape index (κ3) is 2.54. The van der Waals surface area contributed by atoms with Crippen molar-refractivity contribution in [1.29, 1.82) is 0 Å². The van der Waals surface area contributed by atoms with Crippen LogP contribution in [0.4, 0.5) is 0 Å². The number of H-pyrrole nitrogens is 1. The molecule has 1 fully saturated rings. The van der Waals surface area contributed by atoms with E-state index in [4.69, 9.17) is 21.7 Å². The van der Waals surface area contributed by atoms with E-state index in [0.29, 0.717) is 0 Å². The molecular weight excluding hydrogens is 272 g/mol. The Balaban J connectivity index is 1.93. The Morgan fingerprint density at radius 1 is 1.25 bits per heavy atom. The van der Waals surface area contributed by atoms with Gasteiger partial charge < -0.3 is 19.0 Å². The number of nitrogens with one attached hydrogen (secondary N) is 1. The highest BCUT2D eigenvalue weighted by molar-refractivity contribution is 7.71. The van der Waals surface area contributed by atoms with Crippen molar-refractivity contribution < 1.29 is 9.47 Å². The molecule has 3 rings (SSSR count). The van der Waals surface area contributed by atoms with E-state index in [9.17, 15) is 0 Å². The molecule has 108 valence electrons. The van der Waals surface area contributed by atoms with Gasteiger partial charge in [-0.3, -0.25) is 0 Å². The summed E-state index contributed by atoms with van der Waals surface area (Å²) in [5.41, 5.74) is 2.09. The van der Waals surface area contributed by atoms with E-state index in [2.05, 4.69) is 9.55 Å². The van der Waals surface area contributed by atoms with Crippen molar-refractivity contribution in [3.8, 4) is 11.5 Å². The van der Waals surface area contributed by atoms with E-state index >= 15 is 0 Å². The summed E-state index contributed by atoms with van der Waals surface area (Å²) in [7, 11) is 3.30. The molecule has 0 unspecified atom stereocenters. The molecule has 1 aliphatic carbocycles. The summed E-state index contributed by atoms with van der Waals surface area (Å²) < 4.78 is 13.6. The number of imidazole rings is 1. The van der Waals surface area contributed by atoms with Crippen molar-refractivity contribution in [2.24, 2.45) is 5.92 Å². The maximum absolute atomic E-state index is 5.43. The van der Waals surface area contributed by atoms with Gasteiger partial charge in [0, 0.05) is 18.7 Å². The van der Waals surface area contributed by atoms with Gasteiger partial charge in [-0.1, -0.05) is 12.8 Å². The van der Waals surface area contributed by atoms with Gasteiger partial charge in [0.25, 0.3) is 0 Å². The number of aromatic nitrogens is 2. The van der Waals surface area contributed by atoms with Gasteiger partial charge in [0.2, 0.25) is 0 Å². The standard InChI is InChI=1S/C15H20N2O2S/c1-18-13-8-11-12(9-14(13)19-2)17(15(20)16-11)7-3-4-10-5-6-10/h8-10H,3-7H2,1-2H3,(H,16,20). The average molecular weight is 292 g/mol. The van der Waals surface area contributed by atoms with E-state index in [1.54, 1.807) is 14.2 Å². The van der Waals surface area contributed by atoms with Crippen LogP contribution in [0.15, 0.2) is 12.1 Å². The molecule has 20 heavy (non-hydrogen) atoms. The summed E-state index contributed by atoms with van der Waals surface area (Å²) in [5, 5.41) is 0. The first-order valence-electron chi connectivity index (χ1n) is 7.07. The highest BCUT2D eigenvalue weighted by Gasteiger charge is 2.20. The van der Waals surface area contributed by atoms with Gasteiger partial charge >= 0.3 is 0 Å². The van der Waals surface area contributed by atoms with Gasteiger partial charge in [-0.2, -0.15) is 0 Å². The lowest BCUT2D eigenvalue weighted by Gasteiger charge is -2.09. The minimum Gasteiger partial charge on any atom is -0.493 e. The molecule has 0 amide bonds. The predicted molar refractivity (Wildman–Crippen MR) is 82.2 cm³/mol. The first-order chi connectivity index (χ1) is 9.72. The number of nitrogens with zero attached hydrogens (tertiary/aromatic N) is 1. The minimum atomic E-state index is 0.724. The van der Waals surface area contributed by atoms with Crippen molar-refractivity contribution in [1.82, 2.24) is 9.55 Å². The van der Waals surface area contributed by atoms with Crippen LogP contribution in [0.3, 0.4) is 0 Å². The molecule has 1 heterocycles. The summed E-state index contributed by atoms with van der Waals surface area (Å²) in [4.78, 5) is 3.25. The SMILES string of the molecule is COc1cc2[nH]c(=S)n(CCCC3CC3)c2cc1OC. The number of aromatic amines is 1. The highest BCUT2D eigenvalue weighted by Crippen LogP contribution is 2.34. The number of methoxy groups -OCH3 is 2. The minimum absolute atomic E-state index is 0.724. The molecular formula is C15H20N2O2S. The monoisotopic (exact) mass is 292 g/mol. The fourth-order valence-corrected chi connectivity index (χ4v) is 2.95. The van der Waals surface area contributed by atoms with Crippen LogP contribution >= 0.6 is 12.2 Å². The second kappa shape index (κ2) is 5.48. The van der Waals surface area contributed by atoms with E-state index < -0.39 is 0 Å². The summed E-state index contributed by atoms with van der Waals surface area (Å²) >= 11 is 5.43. The van der Waals surface area contributed by atoms with Crippen LogP contribution in [0, 0.1) is 10.7 Å². The lowest BCUT2D eigenvalue weighted by molar-refractivity contribution is 0.355. The van der Waals surface area contributed by atoms with Crippen LogP contribution in [-0.2, 0) is 6.54 Å². The second-order valence-corrected chi connectivity index (χ2v) is 5.78. The first-order valence-corrected chi connectivity index (χ1v) is 7.48. The summed E-state index contributed by atoms with van der Waals surface area (Å²) in [5.74, 6) is 2.43. The van der Waals surface area contributed by atoms with Gasteiger partial charge in [0.15, 0.2) is 16.3 Å². The quantitative estimate of drug-likeness (QED) is 0.821. The zero-order chi connectivity index (χ0) is 14.1. The van der Waals surface area contributed by atoms with Crippen molar-refractivity contribution in [2.75, 3.05) is 14.2 Å². The molecule has 1 aromatic heterocycles. The topological polar surface area (TPSA) is 39.2 Å². The Bertz CT molecular complexity index is 670. The number of hydrogen-bond donors (Lipinski definition) is 1. The molecule has 1 N–H and O–H groups in total. The molecule has 1 aromatic carbocycles. The second-order valence-electron chi connectivity index (χ2n) is 5.39. The molecule has 0 bridgehead atoms. The Morgan fingerprint density at radius 3 is 2.60 bits per heavy atom. The number of aryl methyl sites for hydroxylation is 1. The smallest absolute Gasteiger partial charge is 0.178 e. The van der Waals surface area contributed by atoms with Gasteiger partial charge in [0.05, 0.1) is 25.3 Å². The molecule has 0 radical (unpaired) electrons. The average Bonchev–Trinajstić information content (AvgIpc) is 3.22. The molecule has 2 aromatic rings. The first kappa shape index (κ1) is 13.5. The molecule has 0 saturated heterocycles. The van der Waals surface area contributed by atoms with Crippen LogP contribution in [0.2, 0.25) is 0 Å². The van der Waals surface area contributed by atoms with Gasteiger partial charge in [-0.15, -0.1) is 0 Å². The largest absolute Gasteiger partial charge is 0.493 e. The maximum atomic E-state index is 5.43. The fraction of sp³-hybridized carbons (Fsp3) is 0.533. The Kier molecular flexibility index (Phi) is 3.70. The van der Waals surface area contributed by atoms with Crippen molar-refractivity contribution >= 4 is 23.3 Å². The molecule has 5 heteroatoms. The molecule has 1 saturated carbocycles. The zero-order valence-electron chi connectivity index (χ0n) is 11.9. The van der Waals surface area contributed by atoms with E-state index in [-0.39, 0.29) is 0 Å². The maximum Gasteiger partial charge on any atom is 0.178 e. The van der Waals surface area contributed by atoms with Crippen LogP contribution in [0.5, 0.6) is 11.5 Å². The van der Waals surface area contributed by atoms with Crippen LogP contribution in [-0.4, -0.2) is 23.8 Å². The Labute approximate surface area is 123 Å². The lowest BCUT2D eigenvalue weighted by Crippen LogP contribution is -1.99. The Hall–Kier alpha value is -1.49. The number of benzene rings is 1. The summed E-state index contributed by atoms with van der Waals surface area (Å²) in [6, 6.07) is 3.94. The number of hydrogen-bond acceptors (Lipinski definition) is 3. The van der Waals surface area contributed by atoms with E-state index in [1.165, 1.54) is 25.7 Å². The van der Waals surface area contributed by atoms with Gasteiger partial charge in [0.1, 0.15) is 0 Å². The molecule has 0 spiro atoms. The lowest BCUT2D eigenvalue weighted by atomic mass is 10.2. The fourth-order valence-electron chi connectivity index (χ4n) is 2.65. The van der Waals surface area contributed by atoms with Gasteiger partial charge in [-0.25, -0.2) is 0 Å². The summed E-state index contributed by atoms with van der Waals surface area (Å²) in [6.07, 6.45) is 5.30. The predicted octanol–water partition coefficient (Wildman–Crippen LogP) is 3.91.